The van der Waals surface area contributed by atoms with Crippen LogP contribution in [0.1, 0.15) is 80.1 Å². The summed E-state index contributed by atoms with van der Waals surface area (Å²) in [6, 6.07) is 0. The van der Waals surface area contributed by atoms with Crippen molar-refractivity contribution in [2.24, 2.45) is 11.8 Å². The van der Waals surface area contributed by atoms with Crippen molar-refractivity contribution < 1.29 is 19.1 Å². The zero-order valence-corrected chi connectivity index (χ0v) is 21.3. The molecule has 0 heterocycles. The SMILES string of the molecule is CCC(C)C(C)CC.CCCCOC(=O)/C=C\C(=O)OCCCC.[SnH2]. The van der Waals surface area contributed by atoms with E-state index < -0.39 is 11.9 Å². The summed E-state index contributed by atoms with van der Waals surface area (Å²) >= 11 is 0. The Morgan fingerprint density at radius 3 is 1.32 bits per heavy atom. The Morgan fingerprint density at radius 1 is 0.760 bits per heavy atom. The van der Waals surface area contributed by atoms with E-state index in [4.69, 9.17) is 9.47 Å². The van der Waals surface area contributed by atoms with Crippen LogP contribution >= 0.6 is 0 Å². The second-order valence-corrected chi connectivity index (χ2v) is 6.15. The van der Waals surface area contributed by atoms with Gasteiger partial charge >= 0.3 is 35.8 Å². The van der Waals surface area contributed by atoms with Crippen LogP contribution in [0.15, 0.2) is 12.2 Å². The summed E-state index contributed by atoms with van der Waals surface area (Å²) in [6.07, 6.45) is 8.46. The van der Waals surface area contributed by atoms with Gasteiger partial charge in [0.1, 0.15) is 0 Å². The first-order valence-corrected chi connectivity index (χ1v) is 9.44. The van der Waals surface area contributed by atoms with Crippen LogP contribution in [0, 0.1) is 11.8 Å². The second-order valence-electron chi connectivity index (χ2n) is 6.15. The molecule has 148 valence electrons. The maximum absolute atomic E-state index is 11.0. The van der Waals surface area contributed by atoms with Gasteiger partial charge in [-0.15, -0.1) is 0 Å². The first-order valence-electron chi connectivity index (χ1n) is 9.44. The molecule has 0 fully saturated rings. The van der Waals surface area contributed by atoms with Gasteiger partial charge in [-0.3, -0.25) is 0 Å². The van der Waals surface area contributed by atoms with E-state index in [0.717, 1.165) is 49.7 Å². The minimum absolute atomic E-state index is 0. The van der Waals surface area contributed by atoms with E-state index in [1.807, 2.05) is 13.8 Å². The molecule has 0 bridgehead atoms. The molecule has 0 aromatic heterocycles. The van der Waals surface area contributed by atoms with E-state index in [2.05, 4.69) is 27.7 Å². The van der Waals surface area contributed by atoms with Gasteiger partial charge in [-0.1, -0.05) is 67.2 Å². The summed E-state index contributed by atoms with van der Waals surface area (Å²) in [5, 5.41) is 0. The molecule has 0 aliphatic heterocycles. The van der Waals surface area contributed by atoms with Crippen LogP contribution < -0.4 is 0 Å². The number of rotatable bonds is 11. The number of hydrogen-bond acceptors (Lipinski definition) is 4. The number of ether oxygens (including phenoxy) is 2. The molecule has 0 aromatic carbocycles. The Balaban J connectivity index is -0.000000457. The quantitative estimate of drug-likeness (QED) is 0.198. The molecular formula is C20H40O4Sn. The van der Waals surface area contributed by atoms with Crippen LogP contribution in [0.5, 0.6) is 0 Å². The second kappa shape index (κ2) is 21.5. The van der Waals surface area contributed by atoms with Crippen molar-refractivity contribution in [3.63, 3.8) is 0 Å². The van der Waals surface area contributed by atoms with Crippen molar-refractivity contribution in [2.75, 3.05) is 13.2 Å². The first-order chi connectivity index (χ1) is 11.4. The van der Waals surface area contributed by atoms with Gasteiger partial charge in [0.2, 0.25) is 0 Å². The van der Waals surface area contributed by atoms with Crippen LogP contribution in [0.3, 0.4) is 0 Å². The molecule has 0 N–H and O–H groups in total. The Morgan fingerprint density at radius 2 is 1.08 bits per heavy atom. The molecule has 5 heteroatoms. The van der Waals surface area contributed by atoms with Crippen molar-refractivity contribution in [3.8, 4) is 0 Å². The maximum atomic E-state index is 11.0. The number of unbranched alkanes of at least 4 members (excludes halogenated alkanes) is 2. The van der Waals surface area contributed by atoms with E-state index in [1.165, 1.54) is 12.8 Å². The van der Waals surface area contributed by atoms with Crippen LogP contribution in [-0.2, 0) is 19.1 Å². The van der Waals surface area contributed by atoms with E-state index in [9.17, 15) is 9.59 Å². The summed E-state index contributed by atoms with van der Waals surface area (Å²) in [5.74, 6) is 0.835. The van der Waals surface area contributed by atoms with E-state index >= 15 is 0 Å². The van der Waals surface area contributed by atoms with Crippen LogP contribution in [0.4, 0.5) is 0 Å². The average Bonchev–Trinajstić information content (AvgIpc) is 2.59. The Hall–Kier alpha value is -0.521. The number of carbonyl (C=O) groups is 2. The standard InChI is InChI=1S/C12H20O4.C8H18.Sn.2H/c1-3-5-9-15-11(13)7-8-12(14)16-10-6-4-2;1-5-7(3)8(4)6-2;;;/h7-8H,3-6,9-10H2,1-2H3;7-8H,5-6H2,1-4H3;;;/b8-7-;;;;. The van der Waals surface area contributed by atoms with Crippen molar-refractivity contribution in [1.82, 2.24) is 0 Å². The van der Waals surface area contributed by atoms with Crippen LogP contribution in [-0.4, -0.2) is 49.1 Å². The van der Waals surface area contributed by atoms with Gasteiger partial charge in [0.15, 0.2) is 0 Å². The Bertz CT molecular complexity index is 311. The molecule has 0 saturated heterocycles. The van der Waals surface area contributed by atoms with Crippen molar-refractivity contribution in [3.05, 3.63) is 12.2 Å². The molecule has 0 saturated carbocycles. The van der Waals surface area contributed by atoms with Crippen molar-refractivity contribution >= 4 is 35.8 Å². The van der Waals surface area contributed by atoms with E-state index in [-0.39, 0.29) is 23.9 Å². The zero-order chi connectivity index (χ0) is 18.8. The van der Waals surface area contributed by atoms with Gasteiger partial charge in [0.05, 0.1) is 13.2 Å². The molecule has 2 unspecified atom stereocenters. The Kier molecular flexibility index (Phi) is 25.2. The fourth-order valence-corrected chi connectivity index (χ4v) is 1.67. The fourth-order valence-electron chi connectivity index (χ4n) is 1.67. The molecule has 2 atom stereocenters. The summed E-state index contributed by atoms with van der Waals surface area (Å²) in [7, 11) is 0. The van der Waals surface area contributed by atoms with Gasteiger partial charge in [0, 0.05) is 12.2 Å². The minimum atomic E-state index is -0.499. The molecule has 0 aliphatic rings. The van der Waals surface area contributed by atoms with Crippen LogP contribution in [0.25, 0.3) is 0 Å². The third-order valence-electron chi connectivity index (χ3n) is 4.10. The van der Waals surface area contributed by atoms with Crippen molar-refractivity contribution in [1.29, 1.82) is 0 Å². The topological polar surface area (TPSA) is 52.6 Å². The number of hydrogen-bond donors (Lipinski definition) is 0. The number of carbonyl (C=O) groups excluding carboxylic acids is 2. The van der Waals surface area contributed by atoms with Gasteiger partial charge in [-0.05, 0) is 24.7 Å². The molecule has 0 aliphatic carbocycles. The molecule has 0 rings (SSSR count). The third kappa shape index (κ3) is 21.4. The molecule has 4 nitrogen and oxygen atoms in total. The summed E-state index contributed by atoms with van der Waals surface area (Å²) < 4.78 is 9.65. The molecule has 0 amide bonds. The third-order valence-corrected chi connectivity index (χ3v) is 4.10. The summed E-state index contributed by atoms with van der Waals surface area (Å²) in [4.78, 5) is 22.1. The molecule has 25 heavy (non-hydrogen) atoms. The van der Waals surface area contributed by atoms with Gasteiger partial charge < -0.3 is 9.47 Å². The zero-order valence-electron chi connectivity index (χ0n) is 17.3. The first kappa shape index (κ1) is 29.2. The van der Waals surface area contributed by atoms with E-state index in [0.29, 0.717) is 13.2 Å². The summed E-state index contributed by atoms with van der Waals surface area (Å²) in [6.45, 7) is 14.0. The van der Waals surface area contributed by atoms with Gasteiger partial charge in [0.25, 0.3) is 0 Å². The monoisotopic (exact) mass is 464 g/mol. The molecule has 0 aromatic rings. The van der Waals surface area contributed by atoms with Gasteiger partial charge in [-0.25, -0.2) is 9.59 Å². The van der Waals surface area contributed by atoms with Crippen molar-refractivity contribution in [2.45, 2.75) is 80.1 Å². The predicted molar refractivity (Wildman–Crippen MR) is 108 cm³/mol. The normalized spacial score (nSPS) is 12.4. The Labute approximate surface area is 172 Å². The average molecular weight is 463 g/mol. The summed E-state index contributed by atoms with van der Waals surface area (Å²) in [5.41, 5.74) is 0. The van der Waals surface area contributed by atoms with Gasteiger partial charge in [-0.2, -0.15) is 0 Å². The molecule has 0 spiro atoms. The fraction of sp³-hybridized carbons (Fsp3) is 0.800. The van der Waals surface area contributed by atoms with Crippen LogP contribution in [0.2, 0.25) is 0 Å². The molecule has 2 radical (unpaired) electrons. The number of esters is 2. The predicted octanol–water partition coefficient (Wildman–Crippen LogP) is 4.39. The van der Waals surface area contributed by atoms with E-state index in [1.54, 1.807) is 0 Å². The molecular weight excluding hydrogens is 423 g/mol.